The number of hydrogen-bond acceptors (Lipinski definition) is 3. The molecule has 1 aromatic carbocycles. The van der Waals surface area contributed by atoms with Gasteiger partial charge >= 0.3 is 0 Å². The Kier molecular flexibility index (Phi) is 3.94. The Morgan fingerprint density at radius 3 is 2.38 bits per heavy atom. The predicted octanol–water partition coefficient (Wildman–Crippen LogP) is 1.95. The molecule has 0 fully saturated rings. The third-order valence-corrected chi connectivity index (χ3v) is 2.46. The number of benzene rings is 1. The molecule has 0 heterocycles. The molecule has 3 heteroatoms. The van der Waals surface area contributed by atoms with E-state index in [2.05, 4.69) is 31.1 Å². The Hall–Kier alpha value is -1.06. The first-order valence-electron chi connectivity index (χ1n) is 5.45. The molecule has 0 saturated heterocycles. The van der Waals surface area contributed by atoms with Gasteiger partial charge in [0.25, 0.3) is 0 Å². The van der Waals surface area contributed by atoms with Crippen molar-refractivity contribution in [3.05, 3.63) is 29.3 Å². The van der Waals surface area contributed by atoms with Gasteiger partial charge in [-0.2, -0.15) is 0 Å². The summed E-state index contributed by atoms with van der Waals surface area (Å²) in [4.78, 5) is 2.13. The molecule has 0 bridgehead atoms. The van der Waals surface area contributed by atoms with E-state index in [0.717, 1.165) is 17.9 Å². The predicted molar refractivity (Wildman–Crippen MR) is 67.6 cm³/mol. The number of hydrogen-bond donors (Lipinski definition) is 1. The summed E-state index contributed by atoms with van der Waals surface area (Å²) in [6.45, 7) is 4.89. The molecule has 3 nitrogen and oxygen atoms in total. The smallest absolute Gasteiger partial charge is 0.123 e. The van der Waals surface area contributed by atoms with Crippen LogP contribution in [0.3, 0.4) is 0 Å². The summed E-state index contributed by atoms with van der Waals surface area (Å²) < 4.78 is 5.34. The third kappa shape index (κ3) is 3.22. The quantitative estimate of drug-likeness (QED) is 0.846. The summed E-state index contributed by atoms with van der Waals surface area (Å²) in [5.74, 6) is 0.856. The monoisotopic (exact) mass is 222 g/mol. The van der Waals surface area contributed by atoms with Crippen molar-refractivity contribution in [1.82, 2.24) is 4.90 Å². The number of methoxy groups -OCH3 is 1. The minimum atomic E-state index is -0.381. The fraction of sp³-hybridized carbons (Fsp3) is 0.538. The molecular weight excluding hydrogens is 200 g/mol. The Morgan fingerprint density at radius 2 is 1.94 bits per heavy atom. The van der Waals surface area contributed by atoms with Crippen molar-refractivity contribution in [2.45, 2.75) is 25.9 Å². The van der Waals surface area contributed by atoms with Crippen LogP contribution in [0.25, 0.3) is 0 Å². The van der Waals surface area contributed by atoms with E-state index in [1.54, 1.807) is 7.11 Å². The van der Waals surface area contributed by atoms with Crippen LogP contribution in [0.5, 0.6) is 5.75 Å². The molecule has 0 aliphatic carbocycles. The Bertz CT molecular complexity index is 353. The van der Waals surface area contributed by atoms with Crippen molar-refractivity contribution in [2.75, 3.05) is 21.2 Å². The van der Waals surface area contributed by atoms with Crippen molar-refractivity contribution in [2.24, 2.45) is 5.73 Å². The van der Waals surface area contributed by atoms with Gasteiger partial charge in [0, 0.05) is 17.6 Å². The zero-order valence-electron chi connectivity index (χ0n) is 10.9. The lowest BCUT2D eigenvalue weighted by Crippen LogP contribution is -2.29. The molecule has 2 N–H and O–H groups in total. The highest BCUT2D eigenvalue weighted by Crippen LogP contribution is 2.28. The fourth-order valence-corrected chi connectivity index (χ4v) is 1.72. The molecule has 0 radical (unpaired) electrons. The van der Waals surface area contributed by atoms with Gasteiger partial charge in [-0.3, -0.25) is 0 Å². The van der Waals surface area contributed by atoms with E-state index < -0.39 is 0 Å². The highest BCUT2D eigenvalue weighted by atomic mass is 16.5. The van der Waals surface area contributed by atoms with Crippen LogP contribution in [-0.4, -0.2) is 26.1 Å². The van der Waals surface area contributed by atoms with Crippen LogP contribution in [-0.2, 0) is 12.1 Å². The molecule has 0 amide bonds. The molecule has 0 atom stereocenters. The summed E-state index contributed by atoms with van der Waals surface area (Å²) in [6.07, 6.45) is 0. The first-order chi connectivity index (χ1) is 7.34. The zero-order chi connectivity index (χ0) is 12.3. The van der Waals surface area contributed by atoms with Gasteiger partial charge in [-0.25, -0.2) is 0 Å². The summed E-state index contributed by atoms with van der Waals surface area (Å²) in [6, 6.07) is 6.19. The summed E-state index contributed by atoms with van der Waals surface area (Å²) in [5.41, 5.74) is 8.06. The van der Waals surface area contributed by atoms with Crippen molar-refractivity contribution >= 4 is 0 Å². The lowest BCUT2D eigenvalue weighted by Gasteiger charge is -2.23. The van der Waals surface area contributed by atoms with Gasteiger partial charge in [0.2, 0.25) is 0 Å². The van der Waals surface area contributed by atoms with E-state index in [4.69, 9.17) is 10.5 Å². The van der Waals surface area contributed by atoms with E-state index in [1.807, 2.05) is 19.9 Å². The minimum Gasteiger partial charge on any atom is -0.496 e. The van der Waals surface area contributed by atoms with Crippen LogP contribution in [0.4, 0.5) is 0 Å². The highest BCUT2D eigenvalue weighted by molar-refractivity contribution is 5.41. The molecule has 90 valence electrons. The van der Waals surface area contributed by atoms with Crippen molar-refractivity contribution < 1.29 is 4.74 Å². The summed E-state index contributed by atoms with van der Waals surface area (Å²) in [7, 11) is 5.78. The summed E-state index contributed by atoms with van der Waals surface area (Å²) >= 11 is 0. The zero-order valence-corrected chi connectivity index (χ0v) is 10.9. The van der Waals surface area contributed by atoms with Crippen molar-refractivity contribution in [1.29, 1.82) is 0 Å². The molecular formula is C13H22N2O. The van der Waals surface area contributed by atoms with E-state index in [1.165, 1.54) is 5.56 Å². The maximum Gasteiger partial charge on any atom is 0.123 e. The average molecular weight is 222 g/mol. The second-order valence-electron chi connectivity index (χ2n) is 4.99. The molecule has 1 aromatic rings. The van der Waals surface area contributed by atoms with Crippen LogP contribution in [0.1, 0.15) is 25.0 Å². The number of nitrogens with zero attached hydrogens (tertiary/aromatic N) is 1. The number of rotatable bonds is 4. The maximum atomic E-state index is 6.14. The number of ether oxygens (including phenoxy) is 1. The van der Waals surface area contributed by atoms with Gasteiger partial charge in [-0.1, -0.05) is 6.07 Å². The largest absolute Gasteiger partial charge is 0.496 e. The molecule has 0 spiro atoms. The average Bonchev–Trinajstić information content (AvgIpc) is 2.15. The second-order valence-corrected chi connectivity index (χ2v) is 4.99. The van der Waals surface area contributed by atoms with Gasteiger partial charge in [0.1, 0.15) is 5.75 Å². The molecule has 16 heavy (non-hydrogen) atoms. The normalized spacial score (nSPS) is 11.9. The topological polar surface area (TPSA) is 38.5 Å². The molecule has 0 unspecified atom stereocenters. The van der Waals surface area contributed by atoms with Crippen molar-refractivity contribution in [3.8, 4) is 5.75 Å². The molecule has 0 aliphatic rings. The van der Waals surface area contributed by atoms with Gasteiger partial charge in [-0.15, -0.1) is 0 Å². The number of nitrogens with two attached hydrogens (primary N) is 1. The Labute approximate surface area is 98.2 Å². The molecule has 0 aliphatic heterocycles. The first kappa shape index (κ1) is 13.0. The standard InChI is InChI=1S/C13H22N2O/c1-13(2,14)11-8-10(9-15(3)4)6-7-12(11)16-5/h6-8H,9,14H2,1-5H3. The van der Waals surface area contributed by atoms with Crippen LogP contribution >= 0.6 is 0 Å². The third-order valence-electron chi connectivity index (χ3n) is 2.46. The lowest BCUT2D eigenvalue weighted by atomic mass is 9.93. The summed E-state index contributed by atoms with van der Waals surface area (Å²) in [5, 5.41) is 0. The van der Waals surface area contributed by atoms with Crippen LogP contribution in [0, 0.1) is 0 Å². The Balaban J connectivity index is 3.12. The Morgan fingerprint density at radius 1 is 1.31 bits per heavy atom. The van der Waals surface area contributed by atoms with Crippen LogP contribution in [0.2, 0.25) is 0 Å². The minimum absolute atomic E-state index is 0.381. The van der Waals surface area contributed by atoms with E-state index in [9.17, 15) is 0 Å². The highest BCUT2D eigenvalue weighted by Gasteiger charge is 2.19. The molecule has 0 aromatic heterocycles. The first-order valence-corrected chi connectivity index (χ1v) is 5.45. The van der Waals surface area contributed by atoms with Crippen LogP contribution < -0.4 is 10.5 Å². The van der Waals surface area contributed by atoms with Gasteiger partial charge < -0.3 is 15.4 Å². The van der Waals surface area contributed by atoms with E-state index in [-0.39, 0.29) is 5.54 Å². The maximum absolute atomic E-state index is 6.14. The lowest BCUT2D eigenvalue weighted by molar-refractivity contribution is 0.388. The van der Waals surface area contributed by atoms with Crippen LogP contribution in [0.15, 0.2) is 18.2 Å². The van der Waals surface area contributed by atoms with Crippen molar-refractivity contribution in [3.63, 3.8) is 0 Å². The van der Waals surface area contributed by atoms with E-state index >= 15 is 0 Å². The molecule has 1 rings (SSSR count). The van der Waals surface area contributed by atoms with Gasteiger partial charge in [0.05, 0.1) is 7.11 Å². The fourth-order valence-electron chi connectivity index (χ4n) is 1.72. The SMILES string of the molecule is COc1ccc(CN(C)C)cc1C(C)(C)N. The van der Waals surface area contributed by atoms with Gasteiger partial charge in [0.15, 0.2) is 0 Å². The second kappa shape index (κ2) is 4.85. The van der Waals surface area contributed by atoms with E-state index in [0.29, 0.717) is 0 Å². The van der Waals surface area contributed by atoms with Gasteiger partial charge in [-0.05, 0) is 45.6 Å². The molecule has 0 saturated carbocycles.